The molecule has 3 rings (SSSR count). The number of methoxy groups -OCH3 is 2. The molecule has 0 radical (unpaired) electrons. The maximum absolute atomic E-state index is 14.9. The van der Waals surface area contributed by atoms with Crippen LogP contribution in [0.2, 0.25) is 0 Å². The van der Waals surface area contributed by atoms with Crippen LogP contribution in [-0.4, -0.2) is 63.7 Å². The Balaban J connectivity index is 2.12. The Bertz CT molecular complexity index is 1490. The molecule has 0 aliphatic carbocycles. The lowest BCUT2D eigenvalue weighted by Crippen LogP contribution is -2.56. The number of rotatable bonds is 12. The highest BCUT2D eigenvalue weighted by Crippen LogP contribution is 2.34. The van der Waals surface area contributed by atoms with Gasteiger partial charge >= 0.3 is 0 Å². The average molecular weight is 600 g/mol. The molecule has 226 valence electrons. The summed E-state index contributed by atoms with van der Waals surface area (Å²) in [5.74, 6) is -1.12. The number of benzene rings is 3. The molecule has 0 fully saturated rings. The minimum atomic E-state index is -4.02. The molecule has 9 nitrogen and oxygen atoms in total. The third kappa shape index (κ3) is 8.69. The molecular weight excluding hydrogens is 561 g/mol. The zero-order valence-electron chi connectivity index (χ0n) is 24.8. The highest BCUT2D eigenvalue weighted by molar-refractivity contribution is 7.92. The fourth-order valence-corrected chi connectivity index (χ4v) is 5.26. The molecule has 2 amide bonds. The lowest BCUT2D eigenvalue weighted by atomic mass is 10.0. The summed E-state index contributed by atoms with van der Waals surface area (Å²) >= 11 is 0. The molecule has 42 heavy (non-hydrogen) atoms. The second-order valence-corrected chi connectivity index (χ2v) is 12.8. The van der Waals surface area contributed by atoms with Gasteiger partial charge in [0.2, 0.25) is 21.8 Å². The van der Waals surface area contributed by atoms with E-state index in [4.69, 9.17) is 9.47 Å². The van der Waals surface area contributed by atoms with Gasteiger partial charge in [-0.2, -0.15) is 0 Å². The van der Waals surface area contributed by atoms with Crippen LogP contribution in [0.4, 0.5) is 10.1 Å². The smallest absolute Gasteiger partial charge is 0.244 e. The van der Waals surface area contributed by atoms with Crippen LogP contribution in [0.1, 0.15) is 31.9 Å². The van der Waals surface area contributed by atoms with Gasteiger partial charge in [0, 0.05) is 30.1 Å². The average Bonchev–Trinajstić information content (AvgIpc) is 2.93. The van der Waals surface area contributed by atoms with Gasteiger partial charge in [-0.25, -0.2) is 12.8 Å². The Labute approximate surface area is 247 Å². The number of hydrogen-bond acceptors (Lipinski definition) is 6. The number of nitrogens with one attached hydrogen (secondary N) is 1. The minimum Gasteiger partial charge on any atom is -0.497 e. The van der Waals surface area contributed by atoms with Crippen molar-refractivity contribution in [1.29, 1.82) is 0 Å². The predicted molar refractivity (Wildman–Crippen MR) is 161 cm³/mol. The number of ether oxygens (including phenoxy) is 2. The van der Waals surface area contributed by atoms with Gasteiger partial charge in [-0.3, -0.25) is 13.9 Å². The van der Waals surface area contributed by atoms with E-state index in [1.165, 1.54) is 49.5 Å². The molecule has 0 aromatic heterocycles. The van der Waals surface area contributed by atoms with Gasteiger partial charge in [0.1, 0.15) is 29.9 Å². The number of hydrogen-bond donors (Lipinski definition) is 1. The summed E-state index contributed by atoms with van der Waals surface area (Å²) in [5.41, 5.74) is 0.433. The summed E-state index contributed by atoms with van der Waals surface area (Å²) < 4.78 is 52.5. The molecule has 0 saturated carbocycles. The number of amides is 2. The van der Waals surface area contributed by atoms with Crippen molar-refractivity contribution in [2.75, 3.05) is 31.3 Å². The van der Waals surface area contributed by atoms with Crippen molar-refractivity contribution in [1.82, 2.24) is 10.2 Å². The van der Waals surface area contributed by atoms with Gasteiger partial charge in [-0.1, -0.05) is 48.5 Å². The largest absolute Gasteiger partial charge is 0.497 e. The van der Waals surface area contributed by atoms with Gasteiger partial charge < -0.3 is 19.7 Å². The van der Waals surface area contributed by atoms with E-state index in [2.05, 4.69) is 5.32 Å². The summed E-state index contributed by atoms with van der Waals surface area (Å²) in [7, 11) is -1.19. The summed E-state index contributed by atoms with van der Waals surface area (Å²) in [6, 6.07) is 18.5. The van der Waals surface area contributed by atoms with Gasteiger partial charge in [-0.05, 0) is 44.5 Å². The van der Waals surface area contributed by atoms with Gasteiger partial charge in [-0.15, -0.1) is 0 Å². The summed E-state index contributed by atoms with van der Waals surface area (Å²) in [4.78, 5) is 29.1. The van der Waals surface area contributed by atoms with Gasteiger partial charge in [0.05, 0.1) is 26.2 Å². The molecule has 1 N–H and O–H groups in total. The molecule has 1 unspecified atom stereocenters. The van der Waals surface area contributed by atoms with E-state index >= 15 is 0 Å². The number of carbonyl (C=O) groups is 2. The number of halogens is 1. The first-order chi connectivity index (χ1) is 19.7. The Hall–Kier alpha value is -4.12. The van der Waals surface area contributed by atoms with Gasteiger partial charge in [0.15, 0.2) is 0 Å². The Morgan fingerprint density at radius 2 is 1.60 bits per heavy atom. The van der Waals surface area contributed by atoms with Gasteiger partial charge in [0.25, 0.3) is 0 Å². The Morgan fingerprint density at radius 3 is 2.17 bits per heavy atom. The molecule has 3 aromatic carbocycles. The van der Waals surface area contributed by atoms with Crippen molar-refractivity contribution >= 4 is 27.5 Å². The fraction of sp³-hybridized carbons (Fsp3) is 0.355. The fourth-order valence-electron chi connectivity index (χ4n) is 4.40. The molecule has 0 aliphatic rings. The summed E-state index contributed by atoms with van der Waals surface area (Å²) in [6.45, 7) is 4.51. The number of anilines is 1. The van der Waals surface area contributed by atoms with Crippen LogP contribution < -0.4 is 19.1 Å². The molecule has 11 heteroatoms. The molecule has 3 aromatic rings. The molecule has 0 heterocycles. The number of sulfonamides is 1. The maximum atomic E-state index is 14.9. The lowest BCUT2D eigenvalue weighted by molar-refractivity contribution is -0.140. The zero-order chi connectivity index (χ0) is 31.1. The normalized spacial score (nSPS) is 12.3. The topological polar surface area (TPSA) is 105 Å². The van der Waals surface area contributed by atoms with E-state index in [0.29, 0.717) is 5.75 Å². The molecule has 0 bridgehead atoms. The van der Waals surface area contributed by atoms with Crippen molar-refractivity contribution in [3.63, 3.8) is 0 Å². The van der Waals surface area contributed by atoms with Crippen LogP contribution in [0.3, 0.4) is 0 Å². The lowest BCUT2D eigenvalue weighted by Gasteiger charge is -2.35. The third-order valence-electron chi connectivity index (χ3n) is 6.40. The van der Waals surface area contributed by atoms with Crippen LogP contribution in [0.15, 0.2) is 72.8 Å². The number of carbonyl (C=O) groups excluding carboxylic acids is 2. The van der Waals surface area contributed by atoms with Crippen LogP contribution >= 0.6 is 0 Å². The molecule has 0 spiro atoms. The second-order valence-electron chi connectivity index (χ2n) is 10.9. The standard InChI is InChI=1S/C31H38FN3O6S/c1-31(2,3)33-30(37)27(18-22-12-8-7-9-13-22)34(20-23-14-10-11-15-25(23)32)29(36)21-35(42(6,38)39)26-17-16-24(40-4)19-28(26)41-5/h7-17,19,27H,18,20-21H2,1-6H3,(H,33,37). The van der Waals surface area contributed by atoms with Crippen LogP contribution in [0.5, 0.6) is 11.5 Å². The molecule has 0 aliphatic heterocycles. The summed E-state index contributed by atoms with van der Waals surface area (Å²) in [6.07, 6.45) is 1.09. The second kappa shape index (κ2) is 13.7. The van der Waals surface area contributed by atoms with Crippen molar-refractivity contribution in [3.05, 3.63) is 89.7 Å². The first-order valence-corrected chi connectivity index (χ1v) is 15.2. The van der Waals surface area contributed by atoms with E-state index < -0.39 is 45.8 Å². The van der Waals surface area contributed by atoms with E-state index in [0.717, 1.165) is 16.1 Å². The van der Waals surface area contributed by atoms with E-state index in [-0.39, 0.29) is 30.0 Å². The molecular formula is C31H38FN3O6S. The summed E-state index contributed by atoms with van der Waals surface area (Å²) in [5, 5.41) is 2.93. The van der Waals surface area contributed by atoms with Crippen molar-refractivity contribution in [2.24, 2.45) is 0 Å². The minimum absolute atomic E-state index is 0.110. The van der Waals surface area contributed by atoms with Crippen molar-refractivity contribution in [2.45, 2.75) is 45.3 Å². The first-order valence-electron chi connectivity index (χ1n) is 13.3. The Morgan fingerprint density at radius 1 is 0.952 bits per heavy atom. The third-order valence-corrected chi connectivity index (χ3v) is 7.53. The molecule has 0 saturated heterocycles. The van der Waals surface area contributed by atoms with Crippen LogP contribution in [0.25, 0.3) is 0 Å². The van der Waals surface area contributed by atoms with Crippen molar-refractivity contribution < 1.29 is 31.9 Å². The Kier molecular flexibility index (Phi) is 10.6. The van der Waals surface area contributed by atoms with Crippen molar-refractivity contribution in [3.8, 4) is 11.5 Å². The quantitative estimate of drug-likeness (QED) is 0.335. The maximum Gasteiger partial charge on any atom is 0.244 e. The van der Waals surface area contributed by atoms with Crippen LogP contribution in [-0.2, 0) is 32.6 Å². The highest BCUT2D eigenvalue weighted by atomic mass is 32.2. The monoisotopic (exact) mass is 599 g/mol. The highest BCUT2D eigenvalue weighted by Gasteiger charge is 2.35. The number of nitrogens with zero attached hydrogens (tertiary/aromatic N) is 2. The first kappa shape index (κ1) is 32.4. The van der Waals surface area contributed by atoms with E-state index in [1.54, 1.807) is 12.1 Å². The SMILES string of the molecule is COc1ccc(N(CC(=O)N(Cc2ccccc2F)C(Cc2ccccc2)C(=O)NC(C)(C)C)S(C)(=O)=O)c(OC)c1. The van der Waals surface area contributed by atoms with E-state index in [1.807, 2.05) is 51.1 Å². The van der Waals surface area contributed by atoms with Crippen LogP contribution in [0, 0.1) is 5.82 Å². The molecule has 1 atom stereocenters. The van der Waals surface area contributed by atoms with E-state index in [9.17, 15) is 22.4 Å². The predicted octanol–water partition coefficient (Wildman–Crippen LogP) is 4.16. The zero-order valence-corrected chi connectivity index (χ0v) is 25.6.